The molecule has 112 valence electrons. The minimum Gasteiger partial charge on any atom is -0.396 e. The number of aliphatic hydroxyl groups excluding tert-OH is 1. The van der Waals surface area contributed by atoms with E-state index in [2.05, 4.69) is 37.9 Å². The molecule has 2 rings (SSSR count). The molecule has 2 atom stereocenters. The third-order valence-electron chi connectivity index (χ3n) is 5.08. The average Bonchev–Trinajstić information content (AvgIpc) is 2.35. The quantitative estimate of drug-likeness (QED) is 0.801. The summed E-state index contributed by atoms with van der Waals surface area (Å²) >= 11 is 0. The van der Waals surface area contributed by atoms with Crippen LogP contribution in [0.15, 0.2) is 0 Å². The molecular formula is C16H32N2O. The van der Waals surface area contributed by atoms with Crippen LogP contribution in [0.4, 0.5) is 0 Å². The summed E-state index contributed by atoms with van der Waals surface area (Å²) < 4.78 is 0. The summed E-state index contributed by atoms with van der Waals surface area (Å²) in [6, 6.07) is 1.35. The van der Waals surface area contributed by atoms with Gasteiger partial charge in [-0.3, -0.25) is 0 Å². The van der Waals surface area contributed by atoms with E-state index in [4.69, 9.17) is 0 Å². The second kappa shape index (κ2) is 6.11. The lowest BCUT2D eigenvalue weighted by Gasteiger charge is -2.49. The molecule has 0 aromatic rings. The van der Waals surface area contributed by atoms with Gasteiger partial charge in [0.2, 0.25) is 0 Å². The van der Waals surface area contributed by atoms with Crippen molar-refractivity contribution in [3.63, 3.8) is 0 Å². The van der Waals surface area contributed by atoms with Gasteiger partial charge in [0.1, 0.15) is 0 Å². The maximum absolute atomic E-state index is 9.39. The third-order valence-corrected chi connectivity index (χ3v) is 5.08. The zero-order chi connectivity index (χ0) is 14.0. The van der Waals surface area contributed by atoms with Crippen molar-refractivity contribution in [3.05, 3.63) is 0 Å². The molecule has 1 heterocycles. The summed E-state index contributed by atoms with van der Waals surface area (Å²) in [4.78, 5) is 2.66. The number of hydrogen-bond acceptors (Lipinski definition) is 3. The highest BCUT2D eigenvalue weighted by atomic mass is 16.3. The molecule has 0 aromatic heterocycles. The number of piperidine rings is 1. The predicted molar refractivity (Wildman–Crippen MR) is 80.2 cm³/mol. The summed E-state index contributed by atoms with van der Waals surface area (Å²) in [5.41, 5.74) is 0.00345. The second-order valence-corrected chi connectivity index (χ2v) is 7.73. The number of nitrogens with one attached hydrogen (secondary N) is 1. The second-order valence-electron chi connectivity index (χ2n) is 7.73. The zero-order valence-electron chi connectivity index (χ0n) is 13.2. The highest BCUT2D eigenvalue weighted by Gasteiger charge is 2.40. The zero-order valence-corrected chi connectivity index (χ0v) is 13.2. The Morgan fingerprint density at radius 3 is 2.26 bits per heavy atom. The fourth-order valence-electron chi connectivity index (χ4n) is 3.68. The average molecular weight is 268 g/mol. The number of fused-ring (bicyclic) bond motifs is 2. The topological polar surface area (TPSA) is 35.5 Å². The number of hydrogen-bond donors (Lipinski definition) is 2. The van der Waals surface area contributed by atoms with E-state index >= 15 is 0 Å². The molecule has 1 saturated carbocycles. The number of rotatable bonds is 5. The molecule has 2 aliphatic rings. The molecule has 3 heteroatoms. The van der Waals surface area contributed by atoms with Crippen LogP contribution in [0.1, 0.15) is 47.0 Å². The van der Waals surface area contributed by atoms with Crippen LogP contribution >= 0.6 is 0 Å². The van der Waals surface area contributed by atoms with Crippen LogP contribution in [0.5, 0.6) is 0 Å². The van der Waals surface area contributed by atoms with Crippen molar-refractivity contribution >= 4 is 0 Å². The van der Waals surface area contributed by atoms with Crippen LogP contribution in [0.25, 0.3) is 0 Å². The first-order valence-corrected chi connectivity index (χ1v) is 8.01. The predicted octanol–water partition coefficient (Wildman–Crippen LogP) is 2.10. The van der Waals surface area contributed by atoms with Crippen LogP contribution in [0.3, 0.4) is 0 Å². The van der Waals surface area contributed by atoms with Crippen molar-refractivity contribution in [2.24, 2.45) is 17.3 Å². The van der Waals surface area contributed by atoms with Crippen molar-refractivity contribution < 1.29 is 5.11 Å². The van der Waals surface area contributed by atoms with E-state index in [-0.39, 0.29) is 12.0 Å². The first-order valence-electron chi connectivity index (χ1n) is 8.01. The first kappa shape index (κ1) is 15.3. The standard InChI is InChI=1S/C16H32N2O/c1-12(2)18-8-13-6-5-7-14(9-18)15(13)17-10-16(3,4)11-19/h12-15,17,19H,5-11H2,1-4H3. The highest BCUT2D eigenvalue weighted by Crippen LogP contribution is 2.36. The normalized spacial score (nSPS) is 32.8. The minimum absolute atomic E-state index is 0.00345. The molecule has 2 bridgehead atoms. The van der Waals surface area contributed by atoms with Crippen molar-refractivity contribution in [2.75, 3.05) is 26.2 Å². The number of likely N-dealkylation sites (tertiary alicyclic amines) is 1. The molecule has 0 radical (unpaired) electrons. The molecule has 19 heavy (non-hydrogen) atoms. The largest absolute Gasteiger partial charge is 0.396 e. The van der Waals surface area contributed by atoms with E-state index in [1.165, 1.54) is 32.4 Å². The Kier molecular flexibility index (Phi) is 4.91. The lowest BCUT2D eigenvalue weighted by Crippen LogP contribution is -2.59. The van der Waals surface area contributed by atoms with Crippen molar-refractivity contribution in [2.45, 2.75) is 59.0 Å². The Balaban J connectivity index is 1.94. The number of aliphatic hydroxyl groups is 1. The van der Waals surface area contributed by atoms with E-state index in [1.54, 1.807) is 0 Å². The Morgan fingerprint density at radius 2 is 1.79 bits per heavy atom. The Bertz CT molecular complexity index is 276. The van der Waals surface area contributed by atoms with E-state index in [1.807, 2.05) is 0 Å². The van der Waals surface area contributed by atoms with Gasteiger partial charge >= 0.3 is 0 Å². The highest BCUT2D eigenvalue weighted by molar-refractivity contribution is 4.96. The fourth-order valence-corrected chi connectivity index (χ4v) is 3.68. The van der Waals surface area contributed by atoms with Gasteiger partial charge in [-0.15, -0.1) is 0 Å². The van der Waals surface area contributed by atoms with Crippen LogP contribution in [0, 0.1) is 17.3 Å². The van der Waals surface area contributed by atoms with Crippen LogP contribution < -0.4 is 5.32 Å². The Labute approximate surface area is 118 Å². The fraction of sp³-hybridized carbons (Fsp3) is 1.00. The summed E-state index contributed by atoms with van der Waals surface area (Å²) in [5, 5.41) is 13.2. The summed E-state index contributed by atoms with van der Waals surface area (Å²) in [6.45, 7) is 12.6. The van der Waals surface area contributed by atoms with Crippen molar-refractivity contribution in [3.8, 4) is 0 Å². The lowest BCUT2D eigenvalue weighted by atomic mass is 9.73. The van der Waals surface area contributed by atoms with Crippen LogP contribution in [0.2, 0.25) is 0 Å². The molecule has 1 aliphatic heterocycles. The van der Waals surface area contributed by atoms with Crippen LogP contribution in [-0.2, 0) is 0 Å². The van der Waals surface area contributed by atoms with E-state index < -0.39 is 0 Å². The summed E-state index contributed by atoms with van der Waals surface area (Å²) in [6.07, 6.45) is 4.15. The summed E-state index contributed by atoms with van der Waals surface area (Å²) in [5.74, 6) is 1.62. The first-order chi connectivity index (χ1) is 8.93. The van der Waals surface area contributed by atoms with Gasteiger partial charge in [-0.2, -0.15) is 0 Å². The molecule has 3 nitrogen and oxygen atoms in total. The Morgan fingerprint density at radius 1 is 1.21 bits per heavy atom. The van der Waals surface area contributed by atoms with Gasteiger partial charge in [-0.25, -0.2) is 0 Å². The van der Waals surface area contributed by atoms with Gasteiger partial charge in [0, 0.05) is 43.7 Å². The number of nitrogens with zero attached hydrogens (tertiary/aromatic N) is 1. The summed E-state index contributed by atoms with van der Waals surface area (Å²) in [7, 11) is 0. The van der Waals surface area contributed by atoms with Gasteiger partial charge in [-0.1, -0.05) is 20.3 Å². The molecule has 0 amide bonds. The monoisotopic (exact) mass is 268 g/mol. The van der Waals surface area contributed by atoms with E-state index in [9.17, 15) is 5.11 Å². The van der Waals surface area contributed by atoms with Gasteiger partial charge in [0.15, 0.2) is 0 Å². The van der Waals surface area contributed by atoms with Gasteiger partial charge in [0.05, 0.1) is 0 Å². The molecule has 1 saturated heterocycles. The molecule has 0 aromatic carbocycles. The third kappa shape index (κ3) is 3.71. The van der Waals surface area contributed by atoms with Crippen molar-refractivity contribution in [1.82, 2.24) is 10.2 Å². The maximum Gasteiger partial charge on any atom is 0.0494 e. The van der Waals surface area contributed by atoms with Crippen LogP contribution in [-0.4, -0.2) is 48.3 Å². The van der Waals surface area contributed by atoms with Gasteiger partial charge < -0.3 is 15.3 Å². The lowest BCUT2D eigenvalue weighted by molar-refractivity contribution is 0.0231. The van der Waals surface area contributed by atoms with E-state index in [0.29, 0.717) is 12.1 Å². The molecule has 2 fully saturated rings. The molecule has 0 spiro atoms. The van der Waals surface area contributed by atoms with Gasteiger partial charge in [-0.05, 0) is 38.5 Å². The molecular weight excluding hydrogens is 236 g/mol. The molecule has 2 unspecified atom stereocenters. The van der Waals surface area contributed by atoms with E-state index in [0.717, 1.165) is 18.4 Å². The molecule has 2 N–H and O–H groups in total. The Hall–Kier alpha value is -0.120. The SMILES string of the molecule is CC(C)N1CC2CCCC(C1)C2NCC(C)(C)CO. The minimum atomic E-state index is 0.00345. The molecule has 1 aliphatic carbocycles. The van der Waals surface area contributed by atoms with Gasteiger partial charge in [0.25, 0.3) is 0 Å². The maximum atomic E-state index is 9.39. The van der Waals surface area contributed by atoms with Crippen molar-refractivity contribution in [1.29, 1.82) is 0 Å². The smallest absolute Gasteiger partial charge is 0.0494 e.